The van der Waals surface area contributed by atoms with Gasteiger partial charge >= 0.3 is 0 Å². The lowest BCUT2D eigenvalue weighted by molar-refractivity contribution is 0.309. The molecule has 2 nitrogen and oxygen atoms in total. The highest BCUT2D eigenvalue weighted by atomic mass is 32.2. The molecule has 92 valence electrons. The number of nitrogens with zero attached hydrogens (tertiary/aromatic N) is 1. The van der Waals surface area contributed by atoms with Gasteiger partial charge in [-0.05, 0) is 50.3 Å². The summed E-state index contributed by atoms with van der Waals surface area (Å²) in [4.78, 5) is 2.69. The first kappa shape index (κ1) is 11.4. The summed E-state index contributed by atoms with van der Waals surface area (Å²) in [5.41, 5.74) is 0. The van der Waals surface area contributed by atoms with E-state index in [0.29, 0.717) is 0 Å². The van der Waals surface area contributed by atoms with E-state index < -0.39 is 0 Å². The molecule has 0 amide bonds. The summed E-state index contributed by atoms with van der Waals surface area (Å²) in [5.74, 6) is 3.79. The molecule has 1 N–H and O–H groups in total. The SMILES string of the molecule is C1CSCC(NC2CCN(CC3CC3)C2)C1. The van der Waals surface area contributed by atoms with Crippen molar-refractivity contribution in [2.45, 2.75) is 44.2 Å². The predicted octanol–water partition coefficient (Wildman–Crippen LogP) is 1.96. The fourth-order valence-electron chi connectivity index (χ4n) is 3.01. The number of thioether (sulfide) groups is 1. The maximum Gasteiger partial charge on any atom is 0.0210 e. The molecule has 0 spiro atoms. The maximum atomic E-state index is 3.88. The first-order valence-corrected chi connectivity index (χ1v) is 8.12. The van der Waals surface area contributed by atoms with Gasteiger partial charge in [-0.2, -0.15) is 11.8 Å². The number of rotatable bonds is 4. The lowest BCUT2D eigenvalue weighted by atomic mass is 10.1. The average molecular weight is 240 g/mol. The topological polar surface area (TPSA) is 15.3 Å². The molecule has 1 aliphatic carbocycles. The zero-order valence-corrected chi connectivity index (χ0v) is 11.0. The Kier molecular flexibility index (Phi) is 3.75. The van der Waals surface area contributed by atoms with Crippen LogP contribution in [0.5, 0.6) is 0 Å². The Hall–Kier alpha value is 0.270. The van der Waals surface area contributed by atoms with Gasteiger partial charge in [0.05, 0.1) is 0 Å². The molecule has 2 unspecified atom stereocenters. The lowest BCUT2D eigenvalue weighted by Crippen LogP contribution is -2.42. The van der Waals surface area contributed by atoms with Crippen molar-refractivity contribution in [3.05, 3.63) is 0 Å². The highest BCUT2D eigenvalue weighted by molar-refractivity contribution is 7.99. The van der Waals surface area contributed by atoms with E-state index in [1.807, 2.05) is 0 Å². The second kappa shape index (κ2) is 5.28. The predicted molar refractivity (Wildman–Crippen MR) is 71.1 cm³/mol. The molecule has 0 radical (unpaired) electrons. The van der Waals surface area contributed by atoms with E-state index in [0.717, 1.165) is 18.0 Å². The molecule has 2 aliphatic heterocycles. The van der Waals surface area contributed by atoms with Gasteiger partial charge in [0.15, 0.2) is 0 Å². The van der Waals surface area contributed by atoms with Gasteiger partial charge in [-0.1, -0.05) is 0 Å². The van der Waals surface area contributed by atoms with Crippen LogP contribution in [-0.2, 0) is 0 Å². The van der Waals surface area contributed by atoms with Crippen LogP contribution in [0.1, 0.15) is 32.1 Å². The van der Waals surface area contributed by atoms with E-state index in [9.17, 15) is 0 Å². The Bertz CT molecular complexity index is 224. The second-order valence-corrected chi connectivity index (χ2v) is 6.92. The highest BCUT2D eigenvalue weighted by Crippen LogP contribution is 2.30. The van der Waals surface area contributed by atoms with E-state index in [-0.39, 0.29) is 0 Å². The number of nitrogens with one attached hydrogen (secondary N) is 1. The van der Waals surface area contributed by atoms with Crippen LogP contribution in [0.15, 0.2) is 0 Å². The Morgan fingerprint density at radius 2 is 2.06 bits per heavy atom. The van der Waals surface area contributed by atoms with Gasteiger partial charge in [0.25, 0.3) is 0 Å². The van der Waals surface area contributed by atoms with E-state index in [2.05, 4.69) is 22.0 Å². The molecule has 16 heavy (non-hydrogen) atoms. The number of hydrogen-bond donors (Lipinski definition) is 1. The normalized spacial score (nSPS) is 36.8. The Balaban J connectivity index is 1.38. The summed E-state index contributed by atoms with van der Waals surface area (Å²) in [6.07, 6.45) is 7.20. The van der Waals surface area contributed by atoms with Gasteiger partial charge < -0.3 is 10.2 Å². The van der Waals surface area contributed by atoms with Crippen molar-refractivity contribution in [2.24, 2.45) is 5.92 Å². The van der Waals surface area contributed by atoms with Crippen LogP contribution in [0.4, 0.5) is 0 Å². The molecule has 2 saturated heterocycles. The minimum atomic E-state index is 0.794. The van der Waals surface area contributed by atoms with Crippen molar-refractivity contribution >= 4 is 11.8 Å². The van der Waals surface area contributed by atoms with Crippen LogP contribution >= 0.6 is 11.8 Å². The lowest BCUT2D eigenvalue weighted by Gasteiger charge is -2.26. The quantitative estimate of drug-likeness (QED) is 0.809. The molecule has 0 bridgehead atoms. The summed E-state index contributed by atoms with van der Waals surface area (Å²) >= 11 is 2.13. The number of likely N-dealkylation sites (tertiary alicyclic amines) is 1. The third-order valence-corrected chi connectivity index (χ3v) is 5.33. The maximum absolute atomic E-state index is 3.88. The Morgan fingerprint density at radius 1 is 1.12 bits per heavy atom. The zero-order chi connectivity index (χ0) is 10.8. The molecule has 2 atom stereocenters. The van der Waals surface area contributed by atoms with Gasteiger partial charge in [0.1, 0.15) is 0 Å². The van der Waals surface area contributed by atoms with Gasteiger partial charge in [0, 0.05) is 30.9 Å². The van der Waals surface area contributed by atoms with Crippen molar-refractivity contribution in [2.75, 3.05) is 31.1 Å². The van der Waals surface area contributed by atoms with Crippen LogP contribution < -0.4 is 5.32 Å². The zero-order valence-electron chi connectivity index (χ0n) is 10.2. The van der Waals surface area contributed by atoms with Crippen molar-refractivity contribution < 1.29 is 0 Å². The monoisotopic (exact) mass is 240 g/mol. The molecule has 0 aromatic rings. The minimum Gasteiger partial charge on any atom is -0.309 e. The third kappa shape index (κ3) is 3.14. The van der Waals surface area contributed by atoms with Gasteiger partial charge in [-0.3, -0.25) is 0 Å². The van der Waals surface area contributed by atoms with Crippen LogP contribution in [0.2, 0.25) is 0 Å². The molecular formula is C13H24N2S. The largest absolute Gasteiger partial charge is 0.309 e. The van der Waals surface area contributed by atoms with E-state index in [1.165, 1.54) is 63.2 Å². The van der Waals surface area contributed by atoms with Crippen LogP contribution in [0.25, 0.3) is 0 Å². The minimum absolute atomic E-state index is 0.794. The van der Waals surface area contributed by atoms with Crippen LogP contribution in [0, 0.1) is 5.92 Å². The Morgan fingerprint density at radius 3 is 2.81 bits per heavy atom. The van der Waals surface area contributed by atoms with Crippen molar-refractivity contribution in [3.8, 4) is 0 Å². The van der Waals surface area contributed by atoms with Gasteiger partial charge in [0.2, 0.25) is 0 Å². The first-order valence-electron chi connectivity index (χ1n) is 6.96. The summed E-state index contributed by atoms with van der Waals surface area (Å²) < 4.78 is 0. The van der Waals surface area contributed by atoms with Gasteiger partial charge in [-0.25, -0.2) is 0 Å². The molecule has 3 rings (SSSR count). The van der Waals surface area contributed by atoms with E-state index in [1.54, 1.807) is 0 Å². The van der Waals surface area contributed by atoms with Crippen molar-refractivity contribution in [1.29, 1.82) is 0 Å². The summed E-state index contributed by atoms with van der Waals surface area (Å²) in [6.45, 7) is 4.04. The second-order valence-electron chi connectivity index (χ2n) is 5.77. The van der Waals surface area contributed by atoms with Gasteiger partial charge in [-0.15, -0.1) is 0 Å². The fraction of sp³-hybridized carbons (Fsp3) is 1.00. The summed E-state index contributed by atoms with van der Waals surface area (Å²) in [7, 11) is 0. The summed E-state index contributed by atoms with van der Waals surface area (Å²) in [6, 6.07) is 1.60. The van der Waals surface area contributed by atoms with E-state index >= 15 is 0 Å². The third-order valence-electron chi connectivity index (χ3n) is 4.12. The molecule has 3 aliphatic rings. The molecule has 0 aromatic heterocycles. The van der Waals surface area contributed by atoms with E-state index in [4.69, 9.17) is 0 Å². The van der Waals surface area contributed by atoms with Crippen LogP contribution in [0.3, 0.4) is 0 Å². The molecule has 2 heterocycles. The highest BCUT2D eigenvalue weighted by Gasteiger charge is 2.30. The standard InChI is InChI=1S/C13H24N2S/c1-2-13(10-16-7-1)14-12-5-6-15(9-12)8-11-3-4-11/h11-14H,1-10H2. The molecule has 0 aromatic carbocycles. The van der Waals surface area contributed by atoms with Crippen molar-refractivity contribution in [1.82, 2.24) is 10.2 Å². The van der Waals surface area contributed by atoms with Crippen LogP contribution in [-0.4, -0.2) is 48.1 Å². The smallest absolute Gasteiger partial charge is 0.0210 e. The molecule has 3 fully saturated rings. The molecule has 3 heteroatoms. The molecular weight excluding hydrogens is 216 g/mol. The summed E-state index contributed by atoms with van der Waals surface area (Å²) in [5, 5.41) is 3.88. The van der Waals surface area contributed by atoms with Crippen molar-refractivity contribution in [3.63, 3.8) is 0 Å². The fourth-order valence-corrected chi connectivity index (χ4v) is 4.09. The average Bonchev–Trinajstić information content (AvgIpc) is 3.01. The number of hydrogen-bond acceptors (Lipinski definition) is 3. The first-order chi connectivity index (χ1) is 7.90. The Labute approximate surface area is 104 Å². The molecule has 1 saturated carbocycles.